The second-order valence-corrected chi connectivity index (χ2v) is 18.5. The molecule has 0 saturated heterocycles. The van der Waals surface area contributed by atoms with Crippen LogP contribution in [0.3, 0.4) is 0 Å². The van der Waals surface area contributed by atoms with Gasteiger partial charge < -0.3 is 4.90 Å². The van der Waals surface area contributed by atoms with Gasteiger partial charge in [-0.25, -0.2) is 0 Å². The van der Waals surface area contributed by atoms with Crippen LogP contribution in [0, 0.1) is 0 Å². The van der Waals surface area contributed by atoms with Gasteiger partial charge in [0.2, 0.25) is 0 Å². The molecule has 1 atom stereocenters. The Balaban J connectivity index is 1.10. The Labute approximate surface area is 398 Å². The molecule has 2 aliphatic carbocycles. The van der Waals surface area contributed by atoms with E-state index in [4.69, 9.17) is 0 Å². The molecule has 0 fully saturated rings. The second kappa shape index (κ2) is 15.8. The zero-order valence-corrected chi connectivity index (χ0v) is 37.9. The number of anilines is 3. The number of nitrogens with zero attached hydrogens (tertiary/aromatic N) is 1. The maximum absolute atomic E-state index is 2.53. The first kappa shape index (κ1) is 39.8. The number of benzene rings is 11. The fourth-order valence-electron chi connectivity index (χ4n) is 12.0. The quantitative estimate of drug-likeness (QED) is 0.147. The molecule has 320 valence electrons. The van der Waals surface area contributed by atoms with Gasteiger partial charge in [-0.15, -0.1) is 0 Å². The van der Waals surface area contributed by atoms with Crippen molar-refractivity contribution in [2.45, 2.75) is 17.8 Å². The van der Waals surface area contributed by atoms with Crippen LogP contribution in [0.4, 0.5) is 17.1 Å². The van der Waals surface area contributed by atoms with Crippen molar-refractivity contribution in [2.75, 3.05) is 4.90 Å². The summed E-state index contributed by atoms with van der Waals surface area (Å²) >= 11 is 0. The molecule has 0 aliphatic heterocycles. The van der Waals surface area contributed by atoms with E-state index in [1.54, 1.807) is 0 Å². The van der Waals surface area contributed by atoms with E-state index >= 15 is 0 Å². The van der Waals surface area contributed by atoms with Crippen molar-refractivity contribution >= 4 is 27.8 Å². The normalized spacial score (nSPS) is 15.0. The lowest BCUT2D eigenvalue weighted by molar-refractivity contribution is 0.714. The van der Waals surface area contributed by atoms with E-state index in [0.717, 1.165) is 22.6 Å². The average molecular weight is 866 g/mol. The first-order valence-corrected chi connectivity index (χ1v) is 23.8. The van der Waals surface area contributed by atoms with E-state index in [2.05, 4.69) is 279 Å². The number of rotatable bonds is 8. The third kappa shape index (κ3) is 5.89. The van der Waals surface area contributed by atoms with E-state index in [1.807, 2.05) is 0 Å². The standard InChI is InChI=1S/C67H47N/c1-66(48-26-7-3-8-27-48)60-38-15-11-32-54(60)57-43-42-52(45-63(57)66)68(64-41-18-14-35-58(64)59-37-20-25-47-24-19-36-53(65(47)59)46-22-5-2-6-23-46)51-31-21-30-50(44-51)67(49-28-9-4-10-29-49)61-39-16-12-33-55(61)56-34-13-17-40-62(56)67/h2-45H,1H3. The summed E-state index contributed by atoms with van der Waals surface area (Å²) in [5.41, 5.74) is 21.3. The van der Waals surface area contributed by atoms with Crippen LogP contribution < -0.4 is 4.90 Å². The molecule has 0 radical (unpaired) electrons. The maximum atomic E-state index is 2.53. The van der Waals surface area contributed by atoms with E-state index in [9.17, 15) is 0 Å². The summed E-state index contributed by atoms with van der Waals surface area (Å²) < 4.78 is 0. The summed E-state index contributed by atoms with van der Waals surface area (Å²) in [4.78, 5) is 2.53. The van der Waals surface area contributed by atoms with Crippen molar-refractivity contribution in [1.29, 1.82) is 0 Å². The van der Waals surface area contributed by atoms with Crippen molar-refractivity contribution in [3.05, 3.63) is 306 Å². The van der Waals surface area contributed by atoms with Gasteiger partial charge in [0.25, 0.3) is 0 Å². The number of para-hydroxylation sites is 1. The summed E-state index contributed by atoms with van der Waals surface area (Å²) in [5, 5.41) is 2.45. The van der Waals surface area contributed by atoms with Crippen LogP contribution in [0.15, 0.2) is 267 Å². The maximum Gasteiger partial charge on any atom is 0.0714 e. The zero-order chi connectivity index (χ0) is 45.2. The monoisotopic (exact) mass is 865 g/mol. The molecule has 0 N–H and O–H groups in total. The highest BCUT2D eigenvalue weighted by Crippen LogP contribution is 2.58. The number of hydrogen-bond acceptors (Lipinski definition) is 1. The highest BCUT2D eigenvalue weighted by atomic mass is 15.1. The molecule has 0 bridgehead atoms. The van der Waals surface area contributed by atoms with Crippen LogP contribution >= 0.6 is 0 Å². The van der Waals surface area contributed by atoms with Crippen LogP contribution in [-0.4, -0.2) is 0 Å². The van der Waals surface area contributed by atoms with Gasteiger partial charge in [0.15, 0.2) is 0 Å². The molecule has 1 heteroatoms. The smallest absolute Gasteiger partial charge is 0.0714 e. The predicted molar refractivity (Wildman–Crippen MR) is 284 cm³/mol. The molecule has 68 heavy (non-hydrogen) atoms. The summed E-state index contributed by atoms with van der Waals surface area (Å²) in [6.07, 6.45) is 0. The van der Waals surface area contributed by atoms with Gasteiger partial charge in [-0.2, -0.15) is 0 Å². The summed E-state index contributed by atoms with van der Waals surface area (Å²) in [7, 11) is 0. The Morgan fingerprint density at radius 2 is 0.765 bits per heavy atom. The molecular weight excluding hydrogens is 819 g/mol. The van der Waals surface area contributed by atoms with Crippen molar-refractivity contribution in [2.24, 2.45) is 0 Å². The Morgan fingerprint density at radius 3 is 1.44 bits per heavy atom. The highest BCUT2D eigenvalue weighted by Gasteiger charge is 2.46. The predicted octanol–water partition coefficient (Wildman–Crippen LogP) is 17.3. The lowest BCUT2D eigenvalue weighted by Gasteiger charge is -2.36. The fourth-order valence-corrected chi connectivity index (χ4v) is 12.0. The third-order valence-corrected chi connectivity index (χ3v) is 15.0. The van der Waals surface area contributed by atoms with E-state index < -0.39 is 5.41 Å². The van der Waals surface area contributed by atoms with Gasteiger partial charge in [-0.3, -0.25) is 0 Å². The van der Waals surface area contributed by atoms with Gasteiger partial charge in [0, 0.05) is 22.4 Å². The van der Waals surface area contributed by atoms with E-state index in [0.29, 0.717) is 0 Å². The topological polar surface area (TPSA) is 3.24 Å². The minimum Gasteiger partial charge on any atom is -0.310 e. The van der Waals surface area contributed by atoms with Crippen molar-refractivity contribution < 1.29 is 0 Å². The Bertz CT molecular complexity index is 3650. The minimum atomic E-state index is -0.554. The lowest BCUT2D eigenvalue weighted by Crippen LogP contribution is -2.28. The summed E-state index contributed by atoms with van der Waals surface area (Å²) in [5.74, 6) is 0. The van der Waals surface area contributed by atoms with Crippen LogP contribution in [0.2, 0.25) is 0 Å². The van der Waals surface area contributed by atoms with Gasteiger partial charge in [-0.1, -0.05) is 237 Å². The highest BCUT2D eigenvalue weighted by molar-refractivity contribution is 6.09. The van der Waals surface area contributed by atoms with Gasteiger partial charge in [0.05, 0.1) is 11.1 Å². The van der Waals surface area contributed by atoms with Crippen LogP contribution in [-0.2, 0) is 10.8 Å². The molecule has 1 unspecified atom stereocenters. The third-order valence-electron chi connectivity index (χ3n) is 15.0. The average Bonchev–Trinajstić information content (AvgIpc) is 3.86. The molecule has 0 aromatic heterocycles. The van der Waals surface area contributed by atoms with Gasteiger partial charge in [-0.05, 0) is 126 Å². The van der Waals surface area contributed by atoms with E-state index in [1.165, 1.54) is 88.7 Å². The van der Waals surface area contributed by atoms with Gasteiger partial charge >= 0.3 is 0 Å². The first-order valence-electron chi connectivity index (χ1n) is 23.8. The molecule has 0 heterocycles. The Kier molecular flexibility index (Phi) is 9.27. The molecule has 0 spiro atoms. The zero-order valence-electron chi connectivity index (χ0n) is 37.9. The van der Waals surface area contributed by atoms with Crippen LogP contribution in [0.5, 0.6) is 0 Å². The largest absolute Gasteiger partial charge is 0.310 e. The Morgan fingerprint density at radius 1 is 0.294 bits per heavy atom. The van der Waals surface area contributed by atoms with Crippen molar-refractivity contribution in [3.8, 4) is 44.5 Å². The molecule has 0 saturated carbocycles. The molecule has 11 aromatic rings. The second-order valence-electron chi connectivity index (χ2n) is 18.5. The molecule has 0 amide bonds. The lowest BCUT2D eigenvalue weighted by atomic mass is 9.67. The molecule has 11 aromatic carbocycles. The number of fused-ring (bicyclic) bond motifs is 7. The van der Waals surface area contributed by atoms with Crippen molar-refractivity contribution in [3.63, 3.8) is 0 Å². The number of hydrogen-bond donors (Lipinski definition) is 0. The van der Waals surface area contributed by atoms with Crippen molar-refractivity contribution in [1.82, 2.24) is 0 Å². The fraction of sp³-hybridized carbons (Fsp3) is 0.0448. The van der Waals surface area contributed by atoms with Crippen LogP contribution in [0.1, 0.15) is 45.9 Å². The first-order chi connectivity index (χ1) is 33.6. The molecule has 1 nitrogen and oxygen atoms in total. The Hall–Kier alpha value is -8.52. The molecular formula is C67H47N. The van der Waals surface area contributed by atoms with E-state index in [-0.39, 0.29) is 5.41 Å². The van der Waals surface area contributed by atoms with Gasteiger partial charge in [0.1, 0.15) is 0 Å². The summed E-state index contributed by atoms with van der Waals surface area (Å²) in [6, 6.07) is 99.1. The van der Waals surface area contributed by atoms with Crippen LogP contribution in [0.25, 0.3) is 55.3 Å². The molecule has 13 rings (SSSR count). The summed E-state index contributed by atoms with van der Waals surface area (Å²) in [6.45, 7) is 2.41. The SMILES string of the molecule is CC1(c2ccccc2)c2ccccc2-c2ccc(N(c3cccc(C4(c5ccccc5)c5ccccc5-c5ccccc54)c3)c3ccccc3-c3cccc4cccc(-c5ccccc5)c34)cc21. The molecule has 2 aliphatic rings. The minimum absolute atomic E-state index is 0.370.